The summed E-state index contributed by atoms with van der Waals surface area (Å²) in [6.07, 6.45) is 1.68. The molecule has 1 N–H and O–H groups in total. The van der Waals surface area contributed by atoms with E-state index in [1.807, 2.05) is 0 Å². The van der Waals surface area contributed by atoms with Gasteiger partial charge >= 0.3 is 12.6 Å². The summed E-state index contributed by atoms with van der Waals surface area (Å²) in [5, 5.41) is 6.86. The van der Waals surface area contributed by atoms with Crippen LogP contribution < -0.4 is 15.0 Å². The van der Waals surface area contributed by atoms with E-state index in [0.717, 1.165) is 12.0 Å². The lowest BCUT2D eigenvalue weighted by Gasteiger charge is -2.32. The minimum Gasteiger partial charge on any atom is -0.435 e. The summed E-state index contributed by atoms with van der Waals surface area (Å²) < 4.78 is 47.2. The van der Waals surface area contributed by atoms with Crippen LogP contribution in [0.2, 0.25) is 0 Å². The minimum atomic E-state index is -2.90. The van der Waals surface area contributed by atoms with Crippen molar-refractivity contribution in [1.82, 2.24) is 10.1 Å². The van der Waals surface area contributed by atoms with Gasteiger partial charge in [-0.3, -0.25) is 4.79 Å². The van der Waals surface area contributed by atoms with Crippen LogP contribution in [0.3, 0.4) is 0 Å². The van der Waals surface area contributed by atoms with Gasteiger partial charge in [-0.1, -0.05) is 17.3 Å². The topological polar surface area (TPSA) is 80.5 Å². The molecule has 0 spiro atoms. The lowest BCUT2D eigenvalue weighted by molar-refractivity contribution is -0.120. The first kappa shape index (κ1) is 20.7. The summed E-state index contributed by atoms with van der Waals surface area (Å²) in [5.41, 5.74) is 1.41. The van der Waals surface area contributed by atoms with Crippen molar-refractivity contribution in [2.24, 2.45) is 0 Å². The van der Waals surface area contributed by atoms with E-state index in [1.165, 1.54) is 24.3 Å². The predicted molar refractivity (Wildman–Crippen MR) is 106 cm³/mol. The van der Waals surface area contributed by atoms with Crippen LogP contribution in [0.4, 0.5) is 24.9 Å². The molecule has 1 atom stereocenters. The molecule has 0 unspecified atom stereocenters. The zero-order valence-corrected chi connectivity index (χ0v) is 16.3. The average Bonchev–Trinajstić information content (AvgIpc) is 3.18. The number of benzene rings is 2. The van der Waals surface area contributed by atoms with Gasteiger partial charge in [0.1, 0.15) is 17.6 Å². The summed E-state index contributed by atoms with van der Waals surface area (Å²) in [6.45, 7) is -2.40. The van der Waals surface area contributed by atoms with Crippen molar-refractivity contribution in [3.63, 3.8) is 0 Å². The third kappa shape index (κ3) is 5.14. The van der Waals surface area contributed by atoms with E-state index in [2.05, 4.69) is 20.2 Å². The highest BCUT2D eigenvalue weighted by Gasteiger charge is 2.31. The molecule has 2 heterocycles. The fourth-order valence-electron chi connectivity index (χ4n) is 3.39. The molecule has 0 aliphatic carbocycles. The highest BCUT2D eigenvalue weighted by atomic mass is 19.3. The summed E-state index contributed by atoms with van der Waals surface area (Å²) in [7, 11) is 0. The Morgan fingerprint density at radius 1 is 1.16 bits per heavy atom. The minimum absolute atomic E-state index is 0.0254. The number of carbonyl (C=O) groups excluding carboxylic acids is 1. The second-order valence-corrected chi connectivity index (χ2v) is 7.02. The monoisotopic (exact) mass is 432 g/mol. The lowest BCUT2D eigenvalue weighted by Crippen LogP contribution is -2.47. The van der Waals surface area contributed by atoms with Crippen molar-refractivity contribution in [2.45, 2.75) is 31.9 Å². The molecule has 0 bridgehead atoms. The van der Waals surface area contributed by atoms with Crippen molar-refractivity contribution in [3.05, 3.63) is 65.7 Å². The predicted octanol–water partition coefficient (Wildman–Crippen LogP) is 4.01. The van der Waals surface area contributed by atoms with Crippen molar-refractivity contribution in [1.29, 1.82) is 0 Å². The first-order chi connectivity index (χ1) is 15.0. The zero-order valence-electron chi connectivity index (χ0n) is 16.3. The van der Waals surface area contributed by atoms with Gasteiger partial charge in [0.05, 0.1) is 0 Å². The molecule has 31 heavy (non-hydrogen) atoms. The molecule has 0 radical (unpaired) electrons. The van der Waals surface area contributed by atoms with Crippen LogP contribution in [0.15, 0.2) is 53.1 Å². The van der Waals surface area contributed by atoms with Crippen LogP contribution in [0, 0.1) is 5.82 Å². The molecule has 1 aromatic heterocycles. The third-order valence-electron chi connectivity index (χ3n) is 4.85. The van der Waals surface area contributed by atoms with E-state index in [9.17, 15) is 18.0 Å². The number of alkyl halides is 2. The van der Waals surface area contributed by atoms with Gasteiger partial charge in [0.15, 0.2) is 5.82 Å². The van der Waals surface area contributed by atoms with Gasteiger partial charge in [-0.25, -0.2) is 4.39 Å². The Labute approximate surface area is 175 Å². The first-order valence-corrected chi connectivity index (χ1v) is 9.68. The summed E-state index contributed by atoms with van der Waals surface area (Å²) in [4.78, 5) is 18.7. The molecule has 1 aliphatic heterocycles. The molecule has 1 fully saturated rings. The first-order valence-electron chi connectivity index (χ1n) is 9.68. The summed E-state index contributed by atoms with van der Waals surface area (Å²) in [5.74, 6) is -0.0795. The number of carbonyl (C=O) groups is 1. The Morgan fingerprint density at radius 3 is 2.61 bits per heavy atom. The number of amides is 1. The maximum atomic E-state index is 13.0. The van der Waals surface area contributed by atoms with E-state index in [4.69, 9.17) is 4.52 Å². The van der Waals surface area contributed by atoms with E-state index < -0.39 is 12.7 Å². The van der Waals surface area contributed by atoms with Crippen molar-refractivity contribution in [2.75, 3.05) is 16.8 Å². The Hall–Kier alpha value is -3.56. The lowest BCUT2D eigenvalue weighted by atomic mass is 10.0. The normalized spacial score (nSPS) is 16.6. The van der Waals surface area contributed by atoms with Crippen LogP contribution in [-0.4, -0.2) is 35.2 Å². The fraction of sp³-hybridized carbons (Fsp3) is 0.286. The number of hydrogen-bond acceptors (Lipinski definition) is 6. The van der Waals surface area contributed by atoms with Gasteiger partial charge in [-0.15, -0.1) is 0 Å². The van der Waals surface area contributed by atoms with E-state index in [1.54, 1.807) is 29.2 Å². The number of piperidine rings is 1. The van der Waals surface area contributed by atoms with Crippen molar-refractivity contribution < 1.29 is 27.2 Å². The molecule has 3 aromatic rings. The van der Waals surface area contributed by atoms with Gasteiger partial charge in [0.2, 0.25) is 5.91 Å². The van der Waals surface area contributed by atoms with Crippen LogP contribution in [0.25, 0.3) is 0 Å². The van der Waals surface area contributed by atoms with Crippen LogP contribution in [0.5, 0.6) is 5.75 Å². The largest absolute Gasteiger partial charge is 0.435 e. The number of anilines is 2. The highest BCUT2D eigenvalue weighted by molar-refractivity contribution is 5.99. The maximum Gasteiger partial charge on any atom is 0.387 e. The Bertz CT molecular complexity index is 1030. The number of nitrogens with zero attached hydrogens (tertiary/aromatic N) is 3. The number of rotatable bonds is 7. The second-order valence-electron chi connectivity index (χ2n) is 7.02. The van der Waals surface area contributed by atoms with Crippen molar-refractivity contribution in [3.8, 4) is 5.75 Å². The fourth-order valence-corrected chi connectivity index (χ4v) is 3.39. The molecule has 1 saturated heterocycles. The maximum absolute atomic E-state index is 13.0. The molecule has 0 saturated carbocycles. The standard InChI is InChI=1S/C21H19F3N4O3/c22-14-5-3-13(4-6-14)12-18-26-21(31-27-18)25-17-2-1-11-28(19(17)29)15-7-9-16(10-8-15)30-20(23)24/h3-10,17,20H,1-2,11-12H2,(H,25,26,27)/t17-/m0/s1. The van der Waals surface area contributed by atoms with Gasteiger partial charge in [0.25, 0.3) is 0 Å². The number of ether oxygens (including phenoxy) is 1. The van der Waals surface area contributed by atoms with E-state index in [0.29, 0.717) is 30.9 Å². The number of hydrogen-bond donors (Lipinski definition) is 1. The Balaban J connectivity index is 1.39. The molecular formula is C21H19F3N4O3. The zero-order chi connectivity index (χ0) is 21.8. The van der Waals surface area contributed by atoms with E-state index >= 15 is 0 Å². The molecular weight excluding hydrogens is 413 g/mol. The molecule has 1 aliphatic rings. The molecule has 7 nitrogen and oxygen atoms in total. The quantitative estimate of drug-likeness (QED) is 0.608. The molecule has 1 amide bonds. The smallest absolute Gasteiger partial charge is 0.387 e. The van der Waals surface area contributed by atoms with Crippen LogP contribution in [0.1, 0.15) is 24.2 Å². The van der Waals surface area contributed by atoms with Crippen LogP contribution >= 0.6 is 0 Å². The van der Waals surface area contributed by atoms with Gasteiger partial charge in [0, 0.05) is 18.7 Å². The van der Waals surface area contributed by atoms with Gasteiger partial charge in [-0.2, -0.15) is 13.8 Å². The van der Waals surface area contributed by atoms with Gasteiger partial charge in [-0.05, 0) is 54.8 Å². The third-order valence-corrected chi connectivity index (χ3v) is 4.85. The number of halogens is 3. The molecule has 4 rings (SSSR count). The summed E-state index contributed by atoms with van der Waals surface area (Å²) >= 11 is 0. The number of aromatic nitrogens is 2. The number of nitrogens with one attached hydrogen (secondary N) is 1. The Morgan fingerprint density at radius 2 is 1.90 bits per heavy atom. The van der Waals surface area contributed by atoms with Crippen molar-refractivity contribution >= 4 is 17.6 Å². The highest BCUT2D eigenvalue weighted by Crippen LogP contribution is 2.25. The Kier molecular flexibility index (Phi) is 6.06. The SMILES string of the molecule is O=C1[C@@H](Nc2nc(Cc3ccc(F)cc3)no2)CCCN1c1ccc(OC(F)F)cc1. The summed E-state index contributed by atoms with van der Waals surface area (Å²) in [6, 6.07) is 11.5. The van der Waals surface area contributed by atoms with Crippen LogP contribution in [-0.2, 0) is 11.2 Å². The molecule has 162 valence electrons. The molecule has 2 aromatic carbocycles. The average molecular weight is 432 g/mol. The second kappa shape index (κ2) is 9.07. The van der Waals surface area contributed by atoms with E-state index in [-0.39, 0.29) is 23.5 Å². The van der Waals surface area contributed by atoms with Gasteiger partial charge < -0.3 is 19.5 Å². The molecule has 10 heteroatoms.